The summed E-state index contributed by atoms with van der Waals surface area (Å²) in [5, 5.41) is 6.21. The molecule has 0 atom stereocenters. The summed E-state index contributed by atoms with van der Waals surface area (Å²) in [6.07, 6.45) is 5.21. The molecule has 1 amide bonds. The van der Waals surface area contributed by atoms with E-state index in [0.29, 0.717) is 16.9 Å². The number of hydrogen-bond donors (Lipinski definition) is 0. The second kappa shape index (κ2) is 7.55. The topological polar surface area (TPSA) is 52.2 Å². The molecule has 2 aromatic heterocycles. The minimum absolute atomic E-state index is 0.294. The van der Waals surface area contributed by atoms with Crippen molar-refractivity contribution in [3.8, 4) is 5.69 Å². The van der Waals surface area contributed by atoms with Crippen LogP contribution in [0.2, 0.25) is 0 Å². The van der Waals surface area contributed by atoms with Crippen molar-refractivity contribution in [1.82, 2.24) is 14.3 Å². The molecule has 0 saturated heterocycles. The summed E-state index contributed by atoms with van der Waals surface area (Å²) in [5.74, 6) is -0.294. The van der Waals surface area contributed by atoms with E-state index in [1.807, 2.05) is 46.5 Å². The minimum atomic E-state index is -0.294. The molecule has 2 heterocycles. The summed E-state index contributed by atoms with van der Waals surface area (Å²) in [5.41, 5.74) is 3.77. The van der Waals surface area contributed by atoms with Gasteiger partial charge in [0.2, 0.25) is 0 Å². The van der Waals surface area contributed by atoms with Crippen molar-refractivity contribution >= 4 is 17.2 Å². The summed E-state index contributed by atoms with van der Waals surface area (Å²) in [7, 11) is 0. The second-order valence-electron chi connectivity index (χ2n) is 6.23. The maximum absolute atomic E-state index is 12.6. The third-order valence-corrected chi connectivity index (χ3v) is 4.98. The molecule has 0 aliphatic rings. The summed E-state index contributed by atoms with van der Waals surface area (Å²) < 4.78 is 3.66. The van der Waals surface area contributed by atoms with Gasteiger partial charge in [0.25, 0.3) is 5.91 Å². The van der Waals surface area contributed by atoms with Crippen LogP contribution < -0.4 is 4.80 Å². The number of para-hydroxylation sites is 1. The molecule has 134 valence electrons. The van der Waals surface area contributed by atoms with Gasteiger partial charge in [0, 0.05) is 24.3 Å². The van der Waals surface area contributed by atoms with Gasteiger partial charge < -0.3 is 4.57 Å². The predicted octanol–water partition coefficient (Wildman–Crippen LogP) is 3.83. The van der Waals surface area contributed by atoms with Crippen LogP contribution in [0.4, 0.5) is 0 Å². The Morgan fingerprint density at radius 1 is 1.11 bits per heavy atom. The Balaban J connectivity index is 1.57. The summed E-state index contributed by atoms with van der Waals surface area (Å²) in [4.78, 5) is 17.6. The highest BCUT2D eigenvalue weighted by atomic mass is 32.1. The Morgan fingerprint density at radius 3 is 2.67 bits per heavy atom. The van der Waals surface area contributed by atoms with Crippen molar-refractivity contribution in [3.63, 3.8) is 0 Å². The van der Waals surface area contributed by atoms with Gasteiger partial charge >= 0.3 is 0 Å². The quantitative estimate of drug-likeness (QED) is 0.545. The summed E-state index contributed by atoms with van der Waals surface area (Å²) in [6, 6.07) is 18.0. The first kappa shape index (κ1) is 17.2. The Kier molecular flexibility index (Phi) is 4.80. The van der Waals surface area contributed by atoms with Gasteiger partial charge in [0.05, 0.1) is 17.4 Å². The highest BCUT2D eigenvalue weighted by Gasteiger charge is 2.09. The zero-order chi connectivity index (χ0) is 18.6. The average Bonchev–Trinajstić information content (AvgIpc) is 3.34. The Hall–Kier alpha value is -3.25. The smallest absolute Gasteiger partial charge is 0.282 e. The number of thiazole rings is 1. The molecular weight excluding hydrogens is 356 g/mol. The van der Waals surface area contributed by atoms with Gasteiger partial charge in [-0.2, -0.15) is 10.1 Å². The molecule has 0 bridgehead atoms. The van der Waals surface area contributed by atoms with Crippen molar-refractivity contribution in [2.45, 2.75) is 13.5 Å². The number of rotatable bonds is 4. The van der Waals surface area contributed by atoms with Gasteiger partial charge in [-0.05, 0) is 24.6 Å². The molecule has 0 saturated carbocycles. The van der Waals surface area contributed by atoms with Crippen LogP contribution in [0.1, 0.15) is 21.5 Å². The molecule has 6 heteroatoms. The Bertz CT molecular complexity index is 1120. The molecule has 0 aliphatic carbocycles. The molecule has 0 N–H and O–H groups in total. The molecule has 0 fully saturated rings. The Morgan fingerprint density at radius 2 is 1.89 bits per heavy atom. The van der Waals surface area contributed by atoms with E-state index in [4.69, 9.17) is 0 Å². The van der Waals surface area contributed by atoms with Crippen LogP contribution in [0, 0.1) is 6.92 Å². The van der Waals surface area contributed by atoms with Crippen LogP contribution >= 0.6 is 11.3 Å². The lowest BCUT2D eigenvalue weighted by Crippen LogP contribution is -2.17. The summed E-state index contributed by atoms with van der Waals surface area (Å²) in [6.45, 7) is 2.75. The average molecular weight is 374 g/mol. The molecule has 2 aromatic carbocycles. The van der Waals surface area contributed by atoms with Gasteiger partial charge in [0.15, 0.2) is 4.80 Å². The number of amides is 1. The summed E-state index contributed by atoms with van der Waals surface area (Å²) >= 11 is 1.45. The number of carbonyl (C=O) groups excluding carboxylic acids is 1. The van der Waals surface area contributed by atoms with E-state index < -0.39 is 0 Å². The van der Waals surface area contributed by atoms with Crippen LogP contribution in [0.25, 0.3) is 5.69 Å². The Labute approximate surface area is 160 Å². The van der Waals surface area contributed by atoms with Crippen LogP contribution in [0.5, 0.6) is 0 Å². The van der Waals surface area contributed by atoms with Gasteiger partial charge in [-0.1, -0.05) is 48.0 Å². The van der Waals surface area contributed by atoms with E-state index in [-0.39, 0.29) is 5.91 Å². The lowest BCUT2D eigenvalue weighted by atomic mass is 10.1. The van der Waals surface area contributed by atoms with Gasteiger partial charge in [-0.25, -0.2) is 4.68 Å². The third-order valence-electron chi connectivity index (χ3n) is 4.18. The maximum Gasteiger partial charge on any atom is 0.282 e. The number of hydrogen-bond acceptors (Lipinski definition) is 3. The molecule has 0 aliphatic heterocycles. The first-order valence-electron chi connectivity index (χ1n) is 8.58. The first-order chi connectivity index (χ1) is 13.2. The van der Waals surface area contributed by atoms with Gasteiger partial charge in [-0.3, -0.25) is 4.79 Å². The van der Waals surface area contributed by atoms with E-state index in [1.54, 1.807) is 17.1 Å². The predicted molar refractivity (Wildman–Crippen MR) is 106 cm³/mol. The molecule has 4 aromatic rings. The van der Waals surface area contributed by atoms with E-state index in [0.717, 1.165) is 5.69 Å². The molecular formula is C21H18N4OS. The largest absolute Gasteiger partial charge is 0.319 e. The zero-order valence-corrected chi connectivity index (χ0v) is 15.6. The minimum Gasteiger partial charge on any atom is -0.319 e. The van der Waals surface area contributed by atoms with Crippen molar-refractivity contribution in [2.24, 2.45) is 4.99 Å². The number of carbonyl (C=O) groups is 1. The standard InChI is InChI=1S/C21H18N4OS/c1-16-7-9-17(10-8-16)14-24-11-12-27-21(24)23-20(26)18-13-22-25(15-18)19-5-3-2-4-6-19/h2-13,15H,14H2,1H3. The highest BCUT2D eigenvalue weighted by Crippen LogP contribution is 2.09. The molecule has 27 heavy (non-hydrogen) atoms. The maximum atomic E-state index is 12.6. The third kappa shape index (κ3) is 3.96. The van der Waals surface area contributed by atoms with Crippen molar-refractivity contribution in [2.75, 3.05) is 0 Å². The van der Waals surface area contributed by atoms with E-state index in [1.165, 1.54) is 22.5 Å². The van der Waals surface area contributed by atoms with Crippen molar-refractivity contribution in [1.29, 1.82) is 0 Å². The van der Waals surface area contributed by atoms with Crippen molar-refractivity contribution in [3.05, 3.63) is 100 Å². The zero-order valence-electron chi connectivity index (χ0n) is 14.8. The molecule has 5 nitrogen and oxygen atoms in total. The van der Waals surface area contributed by atoms with Crippen molar-refractivity contribution < 1.29 is 4.79 Å². The number of nitrogens with zero attached hydrogens (tertiary/aromatic N) is 4. The number of aryl methyl sites for hydroxylation is 1. The highest BCUT2D eigenvalue weighted by molar-refractivity contribution is 7.07. The monoisotopic (exact) mass is 374 g/mol. The molecule has 0 spiro atoms. The fourth-order valence-electron chi connectivity index (χ4n) is 2.70. The van der Waals surface area contributed by atoms with E-state index in [9.17, 15) is 4.79 Å². The molecule has 4 rings (SSSR count). The van der Waals surface area contributed by atoms with E-state index in [2.05, 4.69) is 41.3 Å². The van der Waals surface area contributed by atoms with Gasteiger partial charge in [0.1, 0.15) is 0 Å². The number of benzene rings is 2. The lowest BCUT2D eigenvalue weighted by molar-refractivity contribution is 0.0998. The first-order valence-corrected chi connectivity index (χ1v) is 9.46. The fourth-order valence-corrected chi connectivity index (χ4v) is 3.43. The van der Waals surface area contributed by atoms with Crippen LogP contribution in [0.3, 0.4) is 0 Å². The molecule has 0 unspecified atom stereocenters. The van der Waals surface area contributed by atoms with Gasteiger partial charge in [-0.15, -0.1) is 11.3 Å². The normalized spacial score (nSPS) is 11.7. The lowest BCUT2D eigenvalue weighted by Gasteiger charge is -2.03. The molecule has 0 radical (unpaired) electrons. The van der Waals surface area contributed by atoms with Crippen LogP contribution in [-0.4, -0.2) is 20.3 Å². The second-order valence-corrected chi connectivity index (χ2v) is 7.10. The van der Waals surface area contributed by atoms with Crippen LogP contribution in [-0.2, 0) is 6.54 Å². The van der Waals surface area contributed by atoms with Crippen LogP contribution in [0.15, 0.2) is 83.6 Å². The number of aromatic nitrogens is 3. The SMILES string of the molecule is Cc1ccc(Cn2ccsc2=NC(=O)c2cnn(-c3ccccc3)c2)cc1. The fraction of sp³-hybridized carbons (Fsp3) is 0.0952. The van der Waals surface area contributed by atoms with E-state index >= 15 is 0 Å².